The van der Waals surface area contributed by atoms with Crippen LogP contribution in [-0.2, 0) is 0 Å². The van der Waals surface area contributed by atoms with Gasteiger partial charge in [-0.2, -0.15) is 0 Å². The van der Waals surface area contributed by atoms with E-state index in [4.69, 9.17) is 0 Å². The van der Waals surface area contributed by atoms with Crippen molar-refractivity contribution in [3.8, 4) is 0 Å². The summed E-state index contributed by atoms with van der Waals surface area (Å²) in [7, 11) is 0. The maximum Gasteiger partial charge on any atom is 0.123 e. The molecule has 1 atom stereocenters. The van der Waals surface area contributed by atoms with Crippen LogP contribution in [-0.4, -0.2) is 11.5 Å². The number of aryl methyl sites for hydroxylation is 1. The molecule has 1 N–H and O–H groups in total. The molecule has 0 saturated heterocycles. The van der Waals surface area contributed by atoms with Gasteiger partial charge in [0.25, 0.3) is 0 Å². The van der Waals surface area contributed by atoms with E-state index in [1.807, 2.05) is 32.0 Å². The van der Waals surface area contributed by atoms with Gasteiger partial charge in [-0.25, -0.2) is 4.39 Å². The molecule has 0 fully saturated rings. The van der Waals surface area contributed by atoms with Gasteiger partial charge in [0.1, 0.15) is 5.82 Å². The lowest BCUT2D eigenvalue weighted by molar-refractivity contribution is 0.602. The monoisotopic (exact) mass is 244 g/mol. The molecule has 94 valence electrons. The van der Waals surface area contributed by atoms with Gasteiger partial charge < -0.3 is 5.32 Å². The fraction of sp³-hybridized carbons (Fsp3) is 0.267. The van der Waals surface area contributed by atoms with Gasteiger partial charge in [-0.1, -0.05) is 19.1 Å². The second-order valence-electron chi connectivity index (χ2n) is 4.28. The van der Waals surface area contributed by atoms with E-state index < -0.39 is 0 Å². The van der Waals surface area contributed by atoms with Gasteiger partial charge in [0.05, 0.1) is 6.04 Å². The second-order valence-corrected chi connectivity index (χ2v) is 4.28. The molecular formula is C15H17FN2. The van der Waals surface area contributed by atoms with Crippen molar-refractivity contribution in [1.29, 1.82) is 0 Å². The maximum atomic E-state index is 13.3. The minimum absolute atomic E-state index is 0.00685. The number of hydrogen-bond acceptors (Lipinski definition) is 2. The quantitative estimate of drug-likeness (QED) is 0.893. The highest BCUT2D eigenvalue weighted by Crippen LogP contribution is 2.22. The van der Waals surface area contributed by atoms with Gasteiger partial charge in [0.2, 0.25) is 0 Å². The van der Waals surface area contributed by atoms with Crippen molar-refractivity contribution >= 4 is 0 Å². The molecule has 0 aliphatic heterocycles. The SMILES string of the molecule is CCNC(c1cccc(F)c1)c1ccnc(C)c1. The predicted octanol–water partition coefficient (Wildman–Crippen LogP) is 3.23. The normalized spacial score (nSPS) is 12.4. The van der Waals surface area contributed by atoms with Crippen molar-refractivity contribution in [2.24, 2.45) is 0 Å². The molecule has 1 unspecified atom stereocenters. The third-order valence-corrected chi connectivity index (χ3v) is 2.84. The highest BCUT2D eigenvalue weighted by Gasteiger charge is 2.13. The van der Waals surface area contributed by atoms with Crippen molar-refractivity contribution < 1.29 is 4.39 Å². The number of benzene rings is 1. The zero-order chi connectivity index (χ0) is 13.0. The Morgan fingerprint density at radius 2 is 2.00 bits per heavy atom. The Hall–Kier alpha value is -1.74. The molecule has 2 rings (SSSR count). The molecule has 2 aromatic rings. The fourth-order valence-corrected chi connectivity index (χ4v) is 2.07. The third-order valence-electron chi connectivity index (χ3n) is 2.84. The number of halogens is 1. The Bertz CT molecular complexity index is 480. The summed E-state index contributed by atoms with van der Waals surface area (Å²) in [6.07, 6.45) is 1.79. The molecule has 0 radical (unpaired) electrons. The van der Waals surface area contributed by atoms with Crippen molar-refractivity contribution in [2.75, 3.05) is 6.54 Å². The first-order valence-corrected chi connectivity index (χ1v) is 6.12. The van der Waals surface area contributed by atoms with Crippen LogP contribution in [0.15, 0.2) is 42.6 Å². The number of aromatic nitrogens is 1. The number of nitrogens with one attached hydrogen (secondary N) is 1. The van der Waals surface area contributed by atoms with Gasteiger partial charge >= 0.3 is 0 Å². The molecule has 0 saturated carbocycles. The van der Waals surface area contributed by atoms with Gasteiger partial charge in [0, 0.05) is 11.9 Å². The Balaban J connectivity index is 2.39. The van der Waals surface area contributed by atoms with Crippen molar-refractivity contribution in [1.82, 2.24) is 10.3 Å². The van der Waals surface area contributed by atoms with E-state index in [9.17, 15) is 4.39 Å². The van der Waals surface area contributed by atoms with Crippen molar-refractivity contribution in [3.63, 3.8) is 0 Å². The molecular weight excluding hydrogens is 227 g/mol. The van der Waals surface area contributed by atoms with Crippen LogP contribution in [0.2, 0.25) is 0 Å². The van der Waals surface area contributed by atoms with Gasteiger partial charge in [-0.15, -0.1) is 0 Å². The number of pyridine rings is 1. The van der Waals surface area contributed by atoms with Crippen LogP contribution in [0, 0.1) is 12.7 Å². The molecule has 0 bridgehead atoms. The van der Waals surface area contributed by atoms with Crippen molar-refractivity contribution in [3.05, 3.63) is 65.2 Å². The Labute approximate surface area is 107 Å². The van der Waals surface area contributed by atoms with E-state index in [0.717, 1.165) is 23.4 Å². The maximum absolute atomic E-state index is 13.3. The first kappa shape index (κ1) is 12.7. The minimum atomic E-state index is -0.207. The number of rotatable bonds is 4. The summed E-state index contributed by atoms with van der Waals surface area (Å²) in [5.41, 5.74) is 3.00. The Kier molecular flexibility index (Phi) is 4.05. The summed E-state index contributed by atoms with van der Waals surface area (Å²) in [5, 5.41) is 3.38. The average Bonchev–Trinajstić information content (AvgIpc) is 2.36. The van der Waals surface area contributed by atoms with E-state index in [1.54, 1.807) is 18.3 Å². The lowest BCUT2D eigenvalue weighted by Gasteiger charge is -2.19. The first-order chi connectivity index (χ1) is 8.70. The molecule has 1 aromatic heterocycles. The summed E-state index contributed by atoms with van der Waals surface area (Å²) in [6.45, 7) is 4.82. The second kappa shape index (κ2) is 5.74. The number of nitrogens with zero attached hydrogens (tertiary/aromatic N) is 1. The number of hydrogen-bond donors (Lipinski definition) is 1. The standard InChI is InChI=1S/C15H17FN2/c1-3-17-15(12-5-4-6-14(16)10-12)13-7-8-18-11(2)9-13/h4-10,15,17H,3H2,1-2H3. The van der Waals surface area contributed by atoms with E-state index in [2.05, 4.69) is 10.3 Å². The molecule has 0 aliphatic rings. The lowest BCUT2D eigenvalue weighted by Crippen LogP contribution is -2.22. The van der Waals surface area contributed by atoms with Crippen molar-refractivity contribution in [2.45, 2.75) is 19.9 Å². The van der Waals surface area contributed by atoms with Gasteiger partial charge in [0.15, 0.2) is 0 Å². The fourth-order valence-electron chi connectivity index (χ4n) is 2.07. The van der Waals surface area contributed by atoms with Crippen LogP contribution in [0.4, 0.5) is 4.39 Å². The Morgan fingerprint density at radius 1 is 1.22 bits per heavy atom. The van der Waals surface area contributed by atoms with Crippen LogP contribution in [0.5, 0.6) is 0 Å². The lowest BCUT2D eigenvalue weighted by atomic mass is 9.99. The predicted molar refractivity (Wildman–Crippen MR) is 70.9 cm³/mol. The molecule has 1 heterocycles. The van der Waals surface area contributed by atoms with Gasteiger partial charge in [-0.3, -0.25) is 4.98 Å². The van der Waals surface area contributed by atoms with Crippen LogP contribution in [0.1, 0.15) is 29.8 Å². The summed E-state index contributed by atoms with van der Waals surface area (Å²) >= 11 is 0. The van der Waals surface area contributed by atoms with E-state index >= 15 is 0 Å². The zero-order valence-electron chi connectivity index (χ0n) is 10.7. The van der Waals surface area contributed by atoms with Crippen LogP contribution < -0.4 is 5.32 Å². The topological polar surface area (TPSA) is 24.9 Å². The molecule has 18 heavy (non-hydrogen) atoms. The average molecular weight is 244 g/mol. The largest absolute Gasteiger partial charge is 0.307 e. The molecule has 0 amide bonds. The summed E-state index contributed by atoms with van der Waals surface area (Å²) in [5.74, 6) is -0.207. The summed E-state index contributed by atoms with van der Waals surface area (Å²) in [6, 6.07) is 10.7. The van der Waals surface area contributed by atoms with Crippen LogP contribution >= 0.6 is 0 Å². The third kappa shape index (κ3) is 2.93. The molecule has 3 heteroatoms. The van der Waals surface area contributed by atoms with E-state index in [0.29, 0.717) is 0 Å². The van der Waals surface area contributed by atoms with Crippen LogP contribution in [0.25, 0.3) is 0 Å². The first-order valence-electron chi connectivity index (χ1n) is 6.12. The van der Waals surface area contributed by atoms with E-state index in [-0.39, 0.29) is 11.9 Å². The molecule has 2 nitrogen and oxygen atoms in total. The molecule has 0 aliphatic carbocycles. The summed E-state index contributed by atoms with van der Waals surface area (Å²) < 4.78 is 13.3. The Morgan fingerprint density at radius 3 is 2.67 bits per heavy atom. The highest BCUT2D eigenvalue weighted by molar-refractivity contribution is 5.32. The molecule has 1 aromatic carbocycles. The zero-order valence-corrected chi connectivity index (χ0v) is 10.7. The summed E-state index contributed by atoms with van der Waals surface area (Å²) in [4.78, 5) is 4.19. The van der Waals surface area contributed by atoms with E-state index in [1.165, 1.54) is 6.07 Å². The van der Waals surface area contributed by atoms with Gasteiger partial charge in [-0.05, 0) is 48.9 Å². The highest BCUT2D eigenvalue weighted by atomic mass is 19.1. The minimum Gasteiger partial charge on any atom is -0.307 e. The smallest absolute Gasteiger partial charge is 0.123 e. The van der Waals surface area contributed by atoms with Crippen LogP contribution in [0.3, 0.4) is 0 Å². The molecule has 0 spiro atoms.